The Morgan fingerprint density at radius 1 is 1.18 bits per heavy atom. The third-order valence-corrected chi connectivity index (χ3v) is 1.40. The molecule has 0 spiro atoms. The van der Waals surface area contributed by atoms with Gasteiger partial charge in [-0.15, -0.1) is 0 Å². The van der Waals surface area contributed by atoms with Gasteiger partial charge in [-0.05, 0) is 34.6 Å². The highest BCUT2D eigenvalue weighted by Crippen LogP contribution is 2.05. The van der Waals surface area contributed by atoms with E-state index in [2.05, 4.69) is 0 Å². The minimum atomic E-state index is -0.208. The normalized spacial score (nSPS) is 9.64. The minimum Gasteiger partial charge on any atom is -0.460 e. The molecule has 0 aromatic carbocycles. The van der Waals surface area contributed by atoms with Gasteiger partial charge in [-0.1, -0.05) is 5.57 Å². The second-order valence-corrected chi connectivity index (χ2v) is 3.08. The molecule has 0 heterocycles. The largest absolute Gasteiger partial charge is 0.460 e. The van der Waals surface area contributed by atoms with Crippen LogP contribution in [0.2, 0.25) is 0 Å². The van der Waals surface area contributed by atoms with Gasteiger partial charge in [0.05, 0.1) is 6.10 Å². The summed E-state index contributed by atoms with van der Waals surface area (Å²) < 4.78 is 4.98. The molecule has 0 radical (unpaired) electrons. The number of hydrogen-bond acceptors (Lipinski definition) is 2. The Hall–Kier alpha value is -0.790. The first-order valence-corrected chi connectivity index (χ1v) is 3.80. The number of hydrogen-bond donors (Lipinski definition) is 0. The SMILES string of the molecule is CC(C)=C(C)C(=O)OC(C)C. The lowest BCUT2D eigenvalue weighted by molar-refractivity contribution is -0.142. The molecule has 0 N–H and O–H groups in total. The maximum Gasteiger partial charge on any atom is 0.333 e. The summed E-state index contributed by atoms with van der Waals surface area (Å²) in [4.78, 5) is 11.1. The maximum absolute atomic E-state index is 11.1. The predicted octanol–water partition coefficient (Wildman–Crippen LogP) is 2.29. The summed E-state index contributed by atoms with van der Waals surface area (Å²) in [6.45, 7) is 9.26. The van der Waals surface area contributed by atoms with Gasteiger partial charge in [0.15, 0.2) is 0 Å². The Balaban J connectivity index is 4.17. The molecule has 0 amide bonds. The number of allylic oxidation sites excluding steroid dienone is 1. The quantitative estimate of drug-likeness (QED) is 0.453. The van der Waals surface area contributed by atoms with E-state index >= 15 is 0 Å². The highest BCUT2D eigenvalue weighted by atomic mass is 16.5. The van der Waals surface area contributed by atoms with Crippen molar-refractivity contribution in [1.29, 1.82) is 0 Å². The van der Waals surface area contributed by atoms with Crippen LogP contribution in [-0.4, -0.2) is 12.1 Å². The van der Waals surface area contributed by atoms with Crippen molar-refractivity contribution in [2.24, 2.45) is 0 Å². The third kappa shape index (κ3) is 3.81. The zero-order valence-corrected chi connectivity index (χ0v) is 7.89. The molecule has 0 aromatic rings. The molecule has 0 saturated carbocycles. The maximum atomic E-state index is 11.1. The second-order valence-electron chi connectivity index (χ2n) is 3.08. The summed E-state index contributed by atoms with van der Waals surface area (Å²) in [5, 5.41) is 0. The van der Waals surface area contributed by atoms with Crippen molar-refractivity contribution in [3.8, 4) is 0 Å². The van der Waals surface area contributed by atoms with Gasteiger partial charge in [-0.25, -0.2) is 4.79 Å². The Morgan fingerprint density at radius 2 is 1.64 bits per heavy atom. The van der Waals surface area contributed by atoms with E-state index in [0.717, 1.165) is 5.57 Å². The van der Waals surface area contributed by atoms with E-state index < -0.39 is 0 Å². The molecular weight excluding hydrogens is 140 g/mol. The number of rotatable bonds is 2. The van der Waals surface area contributed by atoms with E-state index in [1.54, 1.807) is 6.92 Å². The average Bonchev–Trinajstić information content (AvgIpc) is 1.84. The second kappa shape index (κ2) is 4.16. The molecule has 0 bridgehead atoms. The Kier molecular flexibility index (Phi) is 3.86. The fraction of sp³-hybridized carbons (Fsp3) is 0.667. The first kappa shape index (κ1) is 10.2. The fourth-order valence-corrected chi connectivity index (χ4v) is 0.507. The first-order chi connectivity index (χ1) is 4.95. The molecule has 0 aliphatic heterocycles. The van der Waals surface area contributed by atoms with E-state index in [1.165, 1.54) is 0 Å². The van der Waals surface area contributed by atoms with E-state index in [4.69, 9.17) is 4.74 Å². The summed E-state index contributed by atoms with van der Waals surface area (Å²) in [5.41, 5.74) is 1.72. The van der Waals surface area contributed by atoms with Crippen LogP contribution in [-0.2, 0) is 9.53 Å². The lowest BCUT2D eigenvalue weighted by Gasteiger charge is -2.08. The van der Waals surface area contributed by atoms with Crippen LogP contribution in [0.3, 0.4) is 0 Å². The Labute approximate surface area is 68.2 Å². The summed E-state index contributed by atoms with van der Waals surface area (Å²) in [7, 11) is 0. The number of esters is 1. The Bertz CT molecular complexity index is 174. The highest BCUT2D eigenvalue weighted by Gasteiger charge is 2.08. The molecule has 0 fully saturated rings. The van der Waals surface area contributed by atoms with Gasteiger partial charge < -0.3 is 4.74 Å². The topological polar surface area (TPSA) is 26.3 Å². The third-order valence-electron chi connectivity index (χ3n) is 1.40. The van der Waals surface area contributed by atoms with Crippen LogP contribution in [0.25, 0.3) is 0 Å². The standard InChI is InChI=1S/C9H16O2/c1-6(2)8(5)9(10)11-7(3)4/h7H,1-5H3. The van der Waals surface area contributed by atoms with Gasteiger partial charge >= 0.3 is 5.97 Å². The zero-order valence-electron chi connectivity index (χ0n) is 7.89. The molecule has 0 saturated heterocycles. The lowest BCUT2D eigenvalue weighted by Crippen LogP contribution is -2.12. The monoisotopic (exact) mass is 156 g/mol. The van der Waals surface area contributed by atoms with Gasteiger partial charge in [-0.3, -0.25) is 0 Å². The highest BCUT2D eigenvalue weighted by molar-refractivity contribution is 5.88. The number of ether oxygens (including phenoxy) is 1. The van der Waals surface area contributed by atoms with Crippen molar-refractivity contribution >= 4 is 5.97 Å². The van der Waals surface area contributed by atoms with Gasteiger partial charge in [-0.2, -0.15) is 0 Å². The van der Waals surface area contributed by atoms with Gasteiger partial charge in [0, 0.05) is 5.57 Å². The summed E-state index contributed by atoms with van der Waals surface area (Å²) >= 11 is 0. The van der Waals surface area contributed by atoms with Crippen LogP contribution in [0, 0.1) is 0 Å². The van der Waals surface area contributed by atoms with E-state index in [9.17, 15) is 4.79 Å². The number of carbonyl (C=O) groups is 1. The van der Waals surface area contributed by atoms with Gasteiger partial charge in [0.2, 0.25) is 0 Å². The predicted molar refractivity (Wildman–Crippen MR) is 45.3 cm³/mol. The smallest absolute Gasteiger partial charge is 0.333 e. The van der Waals surface area contributed by atoms with Crippen LogP contribution in [0.1, 0.15) is 34.6 Å². The first-order valence-electron chi connectivity index (χ1n) is 3.80. The van der Waals surface area contributed by atoms with Crippen molar-refractivity contribution in [2.75, 3.05) is 0 Å². The summed E-state index contributed by atoms with van der Waals surface area (Å²) in [6.07, 6.45) is -0.0307. The minimum absolute atomic E-state index is 0.0307. The molecule has 2 heteroatoms. The molecule has 64 valence electrons. The molecule has 0 atom stereocenters. The average molecular weight is 156 g/mol. The van der Waals surface area contributed by atoms with Crippen LogP contribution >= 0.6 is 0 Å². The molecule has 0 aliphatic carbocycles. The van der Waals surface area contributed by atoms with E-state index in [-0.39, 0.29) is 12.1 Å². The van der Waals surface area contributed by atoms with Crippen molar-refractivity contribution in [3.05, 3.63) is 11.1 Å². The molecule has 0 unspecified atom stereocenters. The molecular formula is C9H16O2. The Morgan fingerprint density at radius 3 is 1.91 bits per heavy atom. The lowest BCUT2D eigenvalue weighted by atomic mass is 10.2. The fourth-order valence-electron chi connectivity index (χ4n) is 0.507. The van der Waals surface area contributed by atoms with Crippen LogP contribution < -0.4 is 0 Å². The molecule has 0 aliphatic rings. The van der Waals surface area contributed by atoms with Crippen LogP contribution in [0.5, 0.6) is 0 Å². The van der Waals surface area contributed by atoms with Crippen LogP contribution in [0.4, 0.5) is 0 Å². The molecule has 2 nitrogen and oxygen atoms in total. The van der Waals surface area contributed by atoms with Crippen molar-refractivity contribution in [1.82, 2.24) is 0 Å². The summed E-state index contributed by atoms with van der Waals surface area (Å²) in [5.74, 6) is -0.208. The van der Waals surface area contributed by atoms with Gasteiger partial charge in [0.1, 0.15) is 0 Å². The van der Waals surface area contributed by atoms with Crippen LogP contribution in [0.15, 0.2) is 11.1 Å². The zero-order chi connectivity index (χ0) is 9.02. The van der Waals surface area contributed by atoms with Gasteiger partial charge in [0.25, 0.3) is 0 Å². The molecule has 11 heavy (non-hydrogen) atoms. The van der Waals surface area contributed by atoms with E-state index in [0.29, 0.717) is 5.57 Å². The van der Waals surface area contributed by atoms with Crippen molar-refractivity contribution < 1.29 is 9.53 Å². The number of carbonyl (C=O) groups excluding carboxylic acids is 1. The van der Waals surface area contributed by atoms with Crippen molar-refractivity contribution in [3.63, 3.8) is 0 Å². The van der Waals surface area contributed by atoms with E-state index in [1.807, 2.05) is 27.7 Å². The summed E-state index contributed by atoms with van der Waals surface area (Å²) in [6, 6.07) is 0. The molecule has 0 rings (SSSR count). The van der Waals surface area contributed by atoms with Crippen molar-refractivity contribution in [2.45, 2.75) is 40.7 Å². The molecule has 0 aromatic heterocycles.